The van der Waals surface area contributed by atoms with E-state index >= 15 is 0 Å². The first-order valence-electron chi connectivity index (χ1n) is 6.30. The molecule has 0 fully saturated rings. The van der Waals surface area contributed by atoms with Crippen LogP contribution in [0.4, 0.5) is 0 Å². The molecule has 0 saturated carbocycles. The Morgan fingerprint density at radius 2 is 2.17 bits per heavy atom. The molecule has 0 bridgehead atoms. The minimum atomic E-state index is -3.30. The van der Waals surface area contributed by atoms with E-state index in [1.807, 2.05) is 0 Å². The van der Waals surface area contributed by atoms with Gasteiger partial charge in [-0.2, -0.15) is 4.31 Å². The number of methoxy groups -OCH3 is 1. The summed E-state index contributed by atoms with van der Waals surface area (Å²) in [5, 5.41) is 2.69. The second kappa shape index (κ2) is 9.49. The zero-order valence-electron chi connectivity index (χ0n) is 11.7. The molecule has 108 valence electrons. The molecule has 0 aromatic heterocycles. The van der Waals surface area contributed by atoms with Gasteiger partial charge in [-0.15, -0.1) is 6.58 Å². The van der Waals surface area contributed by atoms with Crippen LogP contribution >= 0.6 is 0 Å². The lowest BCUT2D eigenvalue weighted by Gasteiger charge is -2.24. The fraction of sp³-hybridized carbons (Fsp3) is 0.833. The molecule has 1 atom stereocenters. The third-order valence-electron chi connectivity index (χ3n) is 2.60. The summed E-state index contributed by atoms with van der Waals surface area (Å²) in [5.41, 5.74) is 0. The number of hydrogen-bond donors (Lipinski definition) is 1. The first-order valence-corrected chi connectivity index (χ1v) is 7.80. The monoisotopic (exact) mass is 278 g/mol. The number of nitrogens with zero attached hydrogens (tertiary/aromatic N) is 1. The Morgan fingerprint density at radius 1 is 1.50 bits per heavy atom. The first-order chi connectivity index (χ1) is 8.50. The van der Waals surface area contributed by atoms with Gasteiger partial charge < -0.3 is 10.1 Å². The molecule has 1 N–H and O–H groups in total. The van der Waals surface area contributed by atoms with Gasteiger partial charge in [0.2, 0.25) is 10.0 Å². The van der Waals surface area contributed by atoms with Gasteiger partial charge in [-0.05, 0) is 19.9 Å². The SMILES string of the molecule is C=CCN(CCOC)S(=O)(=O)C(C)CNCCC. The van der Waals surface area contributed by atoms with Crippen molar-refractivity contribution in [3.05, 3.63) is 12.7 Å². The predicted octanol–water partition coefficient (Wildman–Crippen LogP) is 0.839. The highest BCUT2D eigenvalue weighted by Crippen LogP contribution is 2.08. The van der Waals surface area contributed by atoms with Crippen LogP contribution in [0, 0.1) is 0 Å². The van der Waals surface area contributed by atoms with E-state index in [-0.39, 0.29) is 0 Å². The van der Waals surface area contributed by atoms with Crippen molar-refractivity contribution in [2.45, 2.75) is 25.5 Å². The number of ether oxygens (including phenoxy) is 1. The van der Waals surface area contributed by atoms with Gasteiger partial charge in [0.1, 0.15) is 0 Å². The van der Waals surface area contributed by atoms with Crippen LogP contribution in [0.25, 0.3) is 0 Å². The molecule has 0 aliphatic heterocycles. The lowest BCUT2D eigenvalue weighted by atomic mass is 10.4. The average Bonchev–Trinajstić information content (AvgIpc) is 2.34. The molecule has 0 aliphatic carbocycles. The van der Waals surface area contributed by atoms with E-state index in [4.69, 9.17) is 4.74 Å². The van der Waals surface area contributed by atoms with E-state index in [0.717, 1.165) is 13.0 Å². The topological polar surface area (TPSA) is 58.6 Å². The Balaban J connectivity index is 4.55. The van der Waals surface area contributed by atoms with E-state index < -0.39 is 15.3 Å². The Hall–Kier alpha value is -0.430. The highest BCUT2D eigenvalue weighted by atomic mass is 32.2. The summed E-state index contributed by atoms with van der Waals surface area (Å²) in [5.74, 6) is 0. The molecule has 0 aliphatic rings. The van der Waals surface area contributed by atoms with Crippen LogP contribution in [0.1, 0.15) is 20.3 Å². The van der Waals surface area contributed by atoms with Crippen LogP contribution < -0.4 is 5.32 Å². The summed E-state index contributed by atoms with van der Waals surface area (Å²) < 4.78 is 31.0. The van der Waals surface area contributed by atoms with E-state index in [1.165, 1.54) is 4.31 Å². The van der Waals surface area contributed by atoms with Crippen LogP contribution in [0.3, 0.4) is 0 Å². The molecule has 0 aromatic rings. The van der Waals surface area contributed by atoms with E-state index in [9.17, 15) is 8.42 Å². The lowest BCUT2D eigenvalue weighted by Crippen LogP contribution is -2.43. The van der Waals surface area contributed by atoms with Crippen molar-refractivity contribution < 1.29 is 13.2 Å². The summed E-state index contributed by atoms with van der Waals surface area (Å²) in [6.45, 7) is 9.75. The molecular formula is C12H26N2O3S. The van der Waals surface area contributed by atoms with Crippen molar-refractivity contribution in [3.8, 4) is 0 Å². The Labute approximate surface area is 111 Å². The third-order valence-corrected chi connectivity index (χ3v) is 4.84. The molecule has 1 unspecified atom stereocenters. The van der Waals surface area contributed by atoms with Crippen LogP contribution in [0.15, 0.2) is 12.7 Å². The molecule has 0 rings (SSSR count). The molecule has 18 heavy (non-hydrogen) atoms. The average molecular weight is 278 g/mol. The second-order valence-electron chi connectivity index (χ2n) is 4.20. The Kier molecular flexibility index (Phi) is 9.27. The number of sulfonamides is 1. The van der Waals surface area contributed by atoms with Gasteiger partial charge >= 0.3 is 0 Å². The molecule has 0 spiro atoms. The normalized spacial score (nSPS) is 13.8. The maximum atomic E-state index is 12.3. The van der Waals surface area contributed by atoms with Crippen LogP contribution in [0.5, 0.6) is 0 Å². The second-order valence-corrected chi connectivity index (χ2v) is 6.55. The predicted molar refractivity (Wildman–Crippen MR) is 75.2 cm³/mol. The maximum Gasteiger partial charge on any atom is 0.218 e. The summed E-state index contributed by atoms with van der Waals surface area (Å²) in [7, 11) is -1.74. The summed E-state index contributed by atoms with van der Waals surface area (Å²) in [4.78, 5) is 0. The molecule has 0 radical (unpaired) electrons. The maximum absolute atomic E-state index is 12.3. The number of rotatable bonds is 11. The van der Waals surface area contributed by atoms with Crippen molar-refractivity contribution in [2.24, 2.45) is 0 Å². The van der Waals surface area contributed by atoms with Crippen molar-refractivity contribution >= 4 is 10.0 Å². The molecule has 0 aromatic carbocycles. The zero-order valence-corrected chi connectivity index (χ0v) is 12.5. The minimum absolute atomic E-state index is 0.323. The highest BCUT2D eigenvalue weighted by Gasteiger charge is 2.27. The molecule has 6 heteroatoms. The quantitative estimate of drug-likeness (QED) is 0.449. The highest BCUT2D eigenvalue weighted by molar-refractivity contribution is 7.89. The molecular weight excluding hydrogens is 252 g/mol. The van der Waals surface area contributed by atoms with Crippen molar-refractivity contribution in [1.29, 1.82) is 0 Å². The fourth-order valence-electron chi connectivity index (χ4n) is 1.50. The summed E-state index contributed by atoms with van der Waals surface area (Å²) in [6, 6.07) is 0. The van der Waals surface area contributed by atoms with E-state index in [2.05, 4.69) is 18.8 Å². The first kappa shape index (κ1) is 17.6. The fourth-order valence-corrected chi connectivity index (χ4v) is 2.98. The zero-order chi connectivity index (χ0) is 14.0. The van der Waals surface area contributed by atoms with Gasteiger partial charge in [0.15, 0.2) is 0 Å². The van der Waals surface area contributed by atoms with E-state index in [1.54, 1.807) is 20.1 Å². The third kappa shape index (κ3) is 5.95. The lowest BCUT2D eigenvalue weighted by molar-refractivity contribution is 0.181. The van der Waals surface area contributed by atoms with Crippen molar-refractivity contribution in [3.63, 3.8) is 0 Å². The Morgan fingerprint density at radius 3 is 2.67 bits per heavy atom. The van der Waals surface area contributed by atoms with Gasteiger partial charge in [-0.25, -0.2) is 8.42 Å². The molecule has 0 heterocycles. The van der Waals surface area contributed by atoms with Gasteiger partial charge in [-0.3, -0.25) is 0 Å². The molecule has 0 saturated heterocycles. The van der Waals surface area contributed by atoms with Crippen LogP contribution in [0.2, 0.25) is 0 Å². The van der Waals surface area contributed by atoms with Gasteiger partial charge in [0, 0.05) is 26.7 Å². The van der Waals surface area contributed by atoms with Crippen molar-refractivity contribution in [2.75, 3.05) is 39.9 Å². The number of hydrogen-bond acceptors (Lipinski definition) is 4. The standard InChI is InChI=1S/C12H26N2O3S/c1-5-7-13-11-12(3)18(15,16)14(8-6-2)9-10-17-4/h6,12-13H,2,5,7-11H2,1,3-4H3. The van der Waals surface area contributed by atoms with Gasteiger partial charge in [0.05, 0.1) is 11.9 Å². The summed E-state index contributed by atoms with van der Waals surface area (Å²) in [6.07, 6.45) is 2.59. The number of nitrogens with one attached hydrogen (secondary N) is 1. The summed E-state index contributed by atoms with van der Waals surface area (Å²) >= 11 is 0. The van der Waals surface area contributed by atoms with Crippen LogP contribution in [-0.2, 0) is 14.8 Å². The van der Waals surface area contributed by atoms with E-state index in [0.29, 0.717) is 26.2 Å². The minimum Gasteiger partial charge on any atom is -0.383 e. The van der Waals surface area contributed by atoms with Gasteiger partial charge in [-0.1, -0.05) is 13.0 Å². The largest absolute Gasteiger partial charge is 0.383 e. The molecule has 5 nitrogen and oxygen atoms in total. The van der Waals surface area contributed by atoms with Crippen LogP contribution in [-0.4, -0.2) is 57.9 Å². The smallest absolute Gasteiger partial charge is 0.218 e. The molecule has 0 amide bonds. The van der Waals surface area contributed by atoms with Crippen molar-refractivity contribution in [1.82, 2.24) is 9.62 Å². The Bertz CT molecular complexity index is 317. The van der Waals surface area contributed by atoms with Gasteiger partial charge in [0.25, 0.3) is 0 Å².